The molecule has 1 amide bonds. The van der Waals surface area contributed by atoms with Crippen molar-refractivity contribution < 1.29 is 9.53 Å². The number of carbonyl (C=O) groups excluding carboxylic acids is 1. The van der Waals surface area contributed by atoms with Crippen molar-refractivity contribution in [2.75, 3.05) is 25.1 Å². The molecule has 17 heavy (non-hydrogen) atoms. The molecule has 0 N–H and O–H groups in total. The smallest absolute Gasteiger partial charge is 0.414 e. The molecule has 1 saturated heterocycles. The summed E-state index contributed by atoms with van der Waals surface area (Å²) in [6.07, 6.45) is 0.767. The summed E-state index contributed by atoms with van der Waals surface area (Å²) >= 11 is 0. The quantitative estimate of drug-likeness (QED) is 0.684. The van der Waals surface area contributed by atoms with Crippen LogP contribution in [0.4, 0.5) is 10.5 Å². The van der Waals surface area contributed by atoms with Gasteiger partial charge in [-0.1, -0.05) is 18.2 Å². The summed E-state index contributed by atoms with van der Waals surface area (Å²) in [6, 6.07) is 8.27. The van der Waals surface area contributed by atoms with Crippen LogP contribution in [0.15, 0.2) is 24.3 Å². The highest BCUT2D eigenvalue weighted by Crippen LogP contribution is 2.30. The highest BCUT2D eigenvalue weighted by Gasteiger charge is 2.36. The van der Waals surface area contributed by atoms with E-state index in [4.69, 9.17) is 4.74 Å². The summed E-state index contributed by atoms with van der Waals surface area (Å²) in [5.74, 6) is 0. The lowest BCUT2D eigenvalue weighted by atomic mass is 10.1. The molecule has 2 heterocycles. The molecule has 0 aliphatic carbocycles. The van der Waals surface area contributed by atoms with Crippen LogP contribution >= 0.6 is 0 Å². The molecule has 3 rings (SSSR count). The molecule has 2 aliphatic heterocycles. The molecule has 0 radical (unpaired) electrons. The van der Waals surface area contributed by atoms with Crippen molar-refractivity contribution in [3.05, 3.63) is 29.8 Å². The molecule has 1 aromatic rings. The number of carbonyl (C=O) groups is 1. The first-order chi connectivity index (χ1) is 8.25. The number of cyclic esters (lactones) is 1. The Morgan fingerprint density at radius 1 is 1.35 bits per heavy atom. The summed E-state index contributed by atoms with van der Waals surface area (Å²) in [5.41, 5.74) is 2.20. The molecule has 4 nitrogen and oxygen atoms in total. The van der Waals surface area contributed by atoms with Gasteiger partial charge in [0.05, 0.1) is 11.7 Å². The van der Waals surface area contributed by atoms with Crippen LogP contribution in [0.2, 0.25) is 0 Å². The molecule has 0 saturated carbocycles. The second kappa shape index (κ2) is 4.04. The Morgan fingerprint density at radius 3 is 3.06 bits per heavy atom. The first-order valence-corrected chi connectivity index (χ1v) is 5.98. The van der Waals surface area contributed by atoms with Crippen molar-refractivity contribution in [2.45, 2.75) is 19.0 Å². The Balaban J connectivity index is 2.06. The molecule has 1 unspecified atom stereocenters. The largest absolute Gasteiger partial charge is 0.447 e. The number of amides is 1. The van der Waals surface area contributed by atoms with Gasteiger partial charge in [-0.2, -0.15) is 0 Å². The van der Waals surface area contributed by atoms with Crippen LogP contribution in [0.3, 0.4) is 0 Å². The van der Waals surface area contributed by atoms with Gasteiger partial charge in [0, 0.05) is 13.1 Å². The predicted molar refractivity (Wildman–Crippen MR) is 65.0 cm³/mol. The van der Waals surface area contributed by atoms with Gasteiger partial charge in [-0.05, 0) is 25.1 Å². The van der Waals surface area contributed by atoms with Gasteiger partial charge in [-0.3, -0.25) is 4.90 Å². The molecule has 1 atom stereocenters. The number of para-hydroxylation sites is 1. The van der Waals surface area contributed by atoms with Crippen LogP contribution in [0, 0.1) is 0 Å². The average Bonchev–Trinajstić information content (AvgIpc) is 2.66. The van der Waals surface area contributed by atoms with Crippen LogP contribution in [0.25, 0.3) is 0 Å². The van der Waals surface area contributed by atoms with E-state index in [2.05, 4.69) is 18.0 Å². The third kappa shape index (κ3) is 1.78. The van der Waals surface area contributed by atoms with Gasteiger partial charge < -0.3 is 9.64 Å². The van der Waals surface area contributed by atoms with E-state index in [1.807, 2.05) is 23.1 Å². The highest BCUT2D eigenvalue weighted by molar-refractivity contribution is 5.91. The maximum Gasteiger partial charge on any atom is 0.414 e. The Hall–Kier alpha value is -1.55. The van der Waals surface area contributed by atoms with E-state index < -0.39 is 0 Å². The minimum absolute atomic E-state index is 0.186. The lowest BCUT2D eigenvalue weighted by molar-refractivity contribution is 0.178. The van der Waals surface area contributed by atoms with Crippen molar-refractivity contribution in [3.8, 4) is 0 Å². The summed E-state index contributed by atoms with van der Waals surface area (Å²) in [4.78, 5) is 15.9. The SMILES string of the molecule is CN1CCC2COC(=O)N2c2ccccc2C1. The number of benzene rings is 1. The maximum absolute atomic E-state index is 11.8. The number of ether oxygens (including phenoxy) is 1. The zero-order chi connectivity index (χ0) is 11.8. The fourth-order valence-corrected chi connectivity index (χ4v) is 2.59. The Labute approximate surface area is 101 Å². The van der Waals surface area contributed by atoms with E-state index in [0.29, 0.717) is 6.61 Å². The third-order valence-electron chi connectivity index (χ3n) is 3.50. The van der Waals surface area contributed by atoms with Gasteiger partial charge in [0.2, 0.25) is 0 Å². The van der Waals surface area contributed by atoms with Crippen LogP contribution in [-0.4, -0.2) is 37.2 Å². The number of anilines is 1. The van der Waals surface area contributed by atoms with Crippen LogP contribution < -0.4 is 4.90 Å². The second-order valence-corrected chi connectivity index (χ2v) is 4.76. The average molecular weight is 232 g/mol. The van der Waals surface area contributed by atoms with Gasteiger partial charge >= 0.3 is 6.09 Å². The number of hydrogen-bond acceptors (Lipinski definition) is 3. The first kappa shape index (κ1) is 10.6. The van der Waals surface area contributed by atoms with Crippen LogP contribution in [0.1, 0.15) is 12.0 Å². The third-order valence-corrected chi connectivity index (χ3v) is 3.50. The van der Waals surface area contributed by atoms with E-state index >= 15 is 0 Å². The van der Waals surface area contributed by atoms with E-state index in [1.54, 1.807) is 0 Å². The Bertz CT molecular complexity index is 447. The molecule has 1 aromatic carbocycles. The summed E-state index contributed by atoms with van der Waals surface area (Å²) < 4.78 is 5.17. The molecule has 1 fully saturated rings. The number of rotatable bonds is 0. The van der Waals surface area contributed by atoms with Crippen LogP contribution in [0.5, 0.6) is 0 Å². The Morgan fingerprint density at radius 2 is 2.18 bits per heavy atom. The van der Waals surface area contributed by atoms with E-state index in [9.17, 15) is 4.79 Å². The van der Waals surface area contributed by atoms with Crippen molar-refractivity contribution >= 4 is 11.8 Å². The fourth-order valence-electron chi connectivity index (χ4n) is 2.59. The summed E-state index contributed by atoms with van der Waals surface area (Å²) in [6.45, 7) is 2.39. The number of nitrogens with zero attached hydrogens (tertiary/aromatic N) is 2. The standard InChI is InChI=1S/C13H16N2O2/c1-14-7-6-11-9-17-13(16)15(11)12-5-3-2-4-10(12)8-14/h2-5,11H,6-9H2,1H3. The highest BCUT2D eigenvalue weighted by atomic mass is 16.6. The summed E-state index contributed by atoms with van der Waals surface area (Å²) in [7, 11) is 2.12. The first-order valence-electron chi connectivity index (χ1n) is 5.98. The lowest BCUT2D eigenvalue weighted by Gasteiger charge is -2.30. The zero-order valence-electron chi connectivity index (χ0n) is 9.93. The molecule has 2 aliphatic rings. The van der Waals surface area contributed by atoms with Gasteiger partial charge in [0.1, 0.15) is 6.61 Å². The molecule has 4 heteroatoms. The van der Waals surface area contributed by atoms with E-state index in [-0.39, 0.29) is 12.1 Å². The van der Waals surface area contributed by atoms with E-state index in [0.717, 1.165) is 25.2 Å². The number of fused-ring (bicyclic) bond motifs is 3. The topological polar surface area (TPSA) is 32.8 Å². The van der Waals surface area contributed by atoms with Crippen molar-refractivity contribution in [1.82, 2.24) is 4.90 Å². The molecular formula is C13H16N2O2. The van der Waals surface area contributed by atoms with Gasteiger partial charge in [0.15, 0.2) is 0 Å². The van der Waals surface area contributed by atoms with Crippen molar-refractivity contribution in [3.63, 3.8) is 0 Å². The van der Waals surface area contributed by atoms with Gasteiger partial charge in [0.25, 0.3) is 0 Å². The molecule has 0 aromatic heterocycles. The monoisotopic (exact) mass is 232 g/mol. The van der Waals surface area contributed by atoms with Gasteiger partial charge in [-0.15, -0.1) is 0 Å². The van der Waals surface area contributed by atoms with Gasteiger partial charge in [-0.25, -0.2) is 4.79 Å². The zero-order valence-corrected chi connectivity index (χ0v) is 9.93. The van der Waals surface area contributed by atoms with Crippen molar-refractivity contribution in [1.29, 1.82) is 0 Å². The lowest BCUT2D eigenvalue weighted by Crippen LogP contribution is -2.39. The molecular weight excluding hydrogens is 216 g/mol. The maximum atomic E-state index is 11.8. The molecule has 0 spiro atoms. The minimum Gasteiger partial charge on any atom is -0.447 e. The van der Waals surface area contributed by atoms with E-state index in [1.165, 1.54) is 5.56 Å². The Kier molecular flexibility index (Phi) is 2.52. The second-order valence-electron chi connectivity index (χ2n) is 4.76. The van der Waals surface area contributed by atoms with Crippen molar-refractivity contribution in [2.24, 2.45) is 0 Å². The minimum atomic E-state index is -0.202. The summed E-state index contributed by atoms with van der Waals surface area (Å²) in [5, 5.41) is 0. The number of hydrogen-bond donors (Lipinski definition) is 0. The predicted octanol–water partition coefficient (Wildman–Crippen LogP) is 1.85. The molecule has 90 valence electrons. The molecule has 0 bridgehead atoms. The van der Waals surface area contributed by atoms with Crippen LogP contribution in [-0.2, 0) is 11.3 Å². The normalized spacial score (nSPS) is 24.6. The fraction of sp³-hybridized carbons (Fsp3) is 0.462.